The average molecular weight is 320 g/mol. The third-order valence-corrected chi connectivity index (χ3v) is 3.41. The topological polar surface area (TPSA) is 37.8 Å². The lowest BCUT2D eigenvalue weighted by molar-refractivity contribution is 0.517. The zero-order valence-corrected chi connectivity index (χ0v) is 12.6. The molecule has 0 aliphatic rings. The first kappa shape index (κ1) is 14.2. The summed E-state index contributed by atoms with van der Waals surface area (Å²) < 4.78 is 1.01. The minimum absolute atomic E-state index is 0.246. The van der Waals surface area contributed by atoms with E-state index >= 15 is 0 Å². The fraction of sp³-hybridized carbons (Fsp3) is 0.333. The van der Waals surface area contributed by atoms with E-state index in [0.29, 0.717) is 0 Å². The molecule has 0 aliphatic carbocycles. The van der Waals surface area contributed by atoms with Crippen LogP contribution in [0.15, 0.2) is 47.3 Å². The predicted molar refractivity (Wildman–Crippen MR) is 80.9 cm³/mol. The lowest BCUT2D eigenvalue weighted by Gasteiger charge is -2.18. The molecule has 4 heteroatoms. The maximum Gasteiger partial charge on any atom is 0.0577 e. The Morgan fingerprint density at radius 1 is 1.21 bits per heavy atom. The number of nitrogens with zero attached hydrogens (tertiary/aromatic N) is 2. The van der Waals surface area contributed by atoms with E-state index in [2.05, 4.69) is 56.3 Å². The van der Waals surface area contributed by atoms with Crippen molar-refractivity contribution in [2.45, 2.75) is 25.8 Å². The van der Waals surface area contributed by atoms with Gasteiger partial charge in [0.25, 0.3) is 0 Å². The third kappa shape index (κ3) is 4.40. The van der Waals surface area contributed by atoms with Gasteiger partial charge in [0.2, 0.25) is 0 Å². The molecule has 0 spiro atoms. The van der Waals surface area contributed by atoms with Crippen LogP contribution in [0.5, 0.6) is 0 Å². The van der Waals surface area contributed by atoms with Gasteiger partial charge in [-0.2, -0.15) is 0 Å². The molecule has 0 saturated carbocycles. The Morgan fingerprint density at radius 2 is 2.00 bits per heavy atom. The van der Waals surface area contributed by atoms with Crippen LogP contribution in [0.25, 0.3) is 0 Å². The first-order valence-corrected chi connectivity index (χ1v) is 7.32. The number of halogens is 1. The molecule has 1 unspecified atom stereocenters. The molecule has 1 N–H and O–H groups in total. The van der Waals surface area contributed by atoms with Crippen molar-refractivity contribution in [3.8, 4) is 0 Å². The largest absolute Gasteiger partial charge is 0.308 e. The van der Waals surface area contributed by atoms with Gasteiger partial charge in [-0.05, 0) is 65.1 Å². The Labute approximate surface area is 122 Å². The highest BCUT2D eigenvalue weighted by atomic mass is 79.9. The van der Waals surface area contributed by atoms with Gasteiger partial charge in [0.1, 0.15) is 0 Å². The molecule has 2 aromatic rings. The summed E-state index contributed by atoms with van der Waals surface area (Å²) in [5, 5.41) is 3.56. The Bertz CT molecular complexity index is 485. The Hall–Kier alpha value is -1.26. The molecule has 0 bridgehead atoms. The summed E-state index contributed by atoms with van der Waals surface area (Å²) >= 11 is 3.42. The van der Waals surface area contributed by atoms with Crippen LogP contribution >= 0.6 is 15.9 Å². The second-order valence-electron chi connectivity index (χ2n) is 4.47. The summed E-state index contributed by atoms with van der Waals surface area (Å²) in [6, 6.07) is 8.46. The van der Waals surface area contributed by atoms with Crippen molar-refractivity contribution < 1.29 is 0 Å². The number of rotatable bonds is 6. The van der Waals surface area contributed by atoms with Crippen molar-refractivity contribution in [2.24, 2.45) is 0 Å². The molecule has 19 heavy (non-hydrogen) atoms. The first-order chi connectivity index (χ1) is 9.29. The molecule has 0 saturated heterocycles. The molecule has 0 amide bonds. The molecule has 0 fully saturated rings. The number of hydrogen-bond donors (Lipinski definition) is 1. The van der Waals surface area contributed by atoms with Gasteiger partial charge in [-0.25, -0.2) is 0 Å². The summed E-state index contributed by atoms with van der Waals surface area (Å²) in [6.07, 6.45) is 7.56. The van der Waals surface area contributed by atoms with Crippen molar-refractivity contribution in [3.63, 3.8) is 0 Å². The number of nitrogens with one attached hydrogen (secondary N) is 1. The van der Waals surface area contributed by atoms with Crippen LogP contribution in [0.3, 0.4) is 0 Å². The summed E-state index contributed by atoms with van der Waals surface area (Å²) in [5.41, 5.74) is 2.35. The second-order valence-corrected chi connectivity index (χ2v) is 5.38. The van der Waals surface area contributed by atoms with Gasteiger partial charge in [0.15, 0.2) is 0 Å². The quantitative estimate of drug-likeness (QED) is 0.885. The predicted octanol–water partition coefficient (Wildman–Crippen LogP) is 3.52. The van der Waals surface area contributed by atoms with Gasteiger partial charge in [-0.3, -0.25) is 9.97 Å². The van der Waals surface area contributed by atoms with E-state index in [1.165, 1.54) is 5.56 Å². The van der Waals surface area contributed by atoms with Gasteiger partial charge < -0.3 is 5.32 Å². The van der Waals surface area contributed by atoms with Crippen molar-refractivity contribution in [1.82, 2.24) is 15.3 Å². The maximum absolute atomic E-state index is 4.50. The monoisotopic (exact) mass is 319 g/mol. The molecule has 2 aromatic heterocycles. The number of pyridine rings is 2. The van der Waals surface area contributed by atoms with E-state index in [1.54, 1.807) is 0 Å². The van der Waals surface area contributed by atoms with Crippen LogP contribution in [0.4, 0.5) is 0 Å². The Kier molecular flexibility index (Phi) is 5.48. The molecule has 100 valence electrons. The van der Waals surface area contributed by atoms with Crippen LogP contribution in [0.1, 0.15) is 30.6 Å². The third-order valence-electron chi connectivity index (χ3n) is 2.94. The zero-order valence-electron chi connectivity index (χ0n) is 11.0. The van der Waals surface area contributed by atoms with Crippen LogP contribution < -0.4 is 5.32 Å². The van der Waals surface area contributed by atoms with Crippen molar-refractivity contribution >= 4 is 15.9 Å². The first-order valence-electron chi connectivity index (χ1n) is 6.53. The molecule has 0 radical (unpaired) electrons. The summed E-state index contributed by atoms with van der Waals surface area (Å²) in [6.45, 7) is 3.17. The Balaban J connectivity index is 2.13. The van der Waals surface area contributed by atoms with Gasteiger partial charge in [0.05, 0.1) is 11.7 Å². The molecule has 0 aromatic carbocycles. The van der Waals surface area contributed by atoms with Crippen molar-refractivity contribution in [1.29, 1.82) is 0 Å². The van der Waals surface area contributed by atoms with E-state index in [1.807, 2.05) is 24.7 Å². The lowest BCUT2D eigenvalue weighted by atomic mass is 10.0. The average Bonchev–Trinajstić information content (AvgIpc) is 2.45. The smallest absolute Gasteiger partial charge is 0.0577 e. The second kappa shape index (κ2) is 7.36. The van der Waals surface area contributed by atoms with E-state index in [0.717, 1.165) is 29.6 Å². The van der Waals surface area contributed by atoms with Gasteiger partial charge in [0, 0.05) is 23.1 Å². The van der Waals surface area contributed by atoms with Gasteiger partial charge in [-0.15, -0.1) is 0 Å². The highest BCUT2D eigenvalue weighted by Crippen LogP contribution is 2.18. The zero-order chi connectivity index (χ0) is 13.5. The Morgan fingerprint density at radius 3 is 2.63 bits per heavy atom. The van der Waals surface area contributed by atoms with E-state index < -0.39 is 0 Å². The van der Waals surface area contributed by atoms with Gasteiger partial charge >= 0.3 is 0 Å². The van der Waals surface area contributed by atoms with E-state index in [9.17, 15) is 0 Å². The fourth-order valence-corrected chi connectivity index (χ4v) is 2.18. The SMILES string of the molecule is CCCNC(Cc1ccncc1)c1ccc(Br)cn1. The van der Waals surface area contributed by atoms with Crippen molar-refractivity contribution in [3.05, 3.63) is 58.6 Å². The summed E-state index contributed by atoms with van der Waals surface area (Å²) in [7, 11) is 0. The minimum Gasteiger partial charge on any atom is -0.308 e. The highest BCUT2D eigenvalue weighted by molar-refractivity contribution is 9.10. The maximum atomic E-state index is 4.50. The highest BCUT2D eigenvalue weighted by Gasteiger charge is 2.12. The molecule has 0 aliphatic heterocycles. The van der Waals surface area contributed by atoms with Crippen molar-refractivity contribution in [2.75, 3.05) is 6.54 Å². The summed E-state index contributed by atoms with van der Waals surface area (Å²) in [5.74, 6) is 0. The molecular weight excluding hydrogens is 302 g/mol. The standard InChI is InChI=1S/C15H18BrN3/c1-2-7-18-15(10-12-5-8-17-9-6-12)14-4-3-13(16)11-19-14/h3-6,8-9,11,15,18H,2,7,10H2,1H3. The van der Waals surface area contributed by atoms with Crippen LogP contribution in [-0.4, -0.2) is 16.5 Å². The lowest BCUT2D eigenvalue weighted by Crippen LogP contribution is -2.25. The minimum atomic E-state index is 0.246. The van der Waals surface area contributed by atoms with Crippen LogP contribution in [-0.2, 0) is 6.42 Å². The molecule has 2 rings (SSSR count). The summed E-state index contributed by atoms with van der Waals surface area (Å²) in [4.78, 5) is 8.56. The van der Waals surface area contributed by atoms with Gasteiger partial charge in [-0.1, -0.05) is 6.92 Å². The van der Waals surface area contributed by atoms with Crippen LogP contribution in [0.2, 0.25) is 0 Å². The number of aromatic nitrogens is 2. The van der Waals surface area contributed by atoms with E-state index in [4.69, 9.17) is 0 Å². The molecule has 1 atom stereocenters. The number of hydrogen-bond acceptors (Lipinski definition) is 3. The van der Waals surface area contributed by atoms with Crippen LogP contribution in [0, 0.1) is 0 Å². The molecule has 3 nitrogen and oxygen atoms in total. The van der Waals surface area contributed by atoms with E-state index in [-0.39, 0.29) is 6.04 Å². The molecule has 2 heterocycles. The molecular formula is C15H18BrN3. The fourth-order valence-electron chi connectivity index (χ4n) is 1.95. The normalized spacial score (nSPS) is 12.3.